The summed E-state index contributed by atoms with van der Waals surface area (Å²) < 4.78 is 0. The first-order chi connectivity index (χ1) is 8.84. The molecule has 3 rings (SSSR count). The monoisotopic (exact) mass is 242 g/mol. The molecule has 2 aliphatic rings. The Morgan fingerprint density at radius 3 is 2.44 bits per heavy atom. The minimum atomic E-state index is -0.213. The number of fused-ring (bicyclic) bond motifs is 1. The highest BCUT2D eigenvalue weighted by Gasteiger charge is 2.29. The lowest BCUT2D eigenvalue weighted by Crippen LogP contribution is -2.23. The highest BCUT2D eigenvalue weighted by atomic mass is 16.3. The van der Waals surface area contributed by atoms with Crippen LogP contribution in [0.25, 0.3) is 0 Å². The van der Waals surface area contributed by atoms with Gasteiger partial charge in [0.15, 0.2) is 0 Å². The van der Waals surface area contributed by atoms with E-state index in [9.17, 15) is 5.11 Å². The number of aliphatic hydroxyl groups is 1. The number of hydrogen-bond acceptors (Lipinski definition) is 1. The van der Waals surface area contributed by atoms with Crippen LogP contribution in [0.5, 0.6) is 0 Å². The lowest BCUT2D eigenvalue weighted by atomic mass is 9.90. The molecule has 1 unspecified atom stereocenters. The van der Waals surface area contributed by atoms with Crippen molar-refractivity contribution < 1.29 is 5.11 Å². The van der Waals surface area contributed by atoms with E-state index in [2.05, 4.69) is 30.3 Å². The van der Waals surface area contributed by atoms with Gasteiger partial charge in [0.1, 0.15) is 0 Å². The topological polar surface area (TPSA) is 20.2 Å². The molecule has 2 aliphatic carbocycles. The smallest absolute Gasteiger partial charge is 0.0784 e. The number of benzene rings is 1. The number of aliphatic hydroxyl groups excluding tert-OH is 1. The van der Waals surface area contributed by atoms with Crippen LogP contribution in [0.2, 0.25) is 0 Å². The molecule has 1 N–H and O–H groups in total. The van der Waals surface area contributed by atoms with Crippen molar-refractivity contribution in [2.24, 2.45) is 5.92 Å². The Labute approximate surface area is 110 Å². The van der Waals surface area contributed by atoms with Gasteiger partial charge in [-0.2, -0.15) is 0 Å². The summed E-state index contributed by atoms with van der Waals surface area (Å²) in [5, 5.41) is 10.6. The van der Waals surface area contributed by atoms with Crippen molar-refractivity contribution in [2.45, 2.75) is 51.0 Å². The van der Waals surface area contributed by atoms with Crippen LogP contribution < -0.4 is 0 Å². The molecule has 1 aromatic rings. The van der Waals surface area contributed by atoms with E-state index in [-0.39, 0.29) is 6.10 Å². The zero-order valence-electron chi connectivity index (χ0n) is 10.9. The molecule has 0 radical (unpaired) electrons. The van der Waals surface area contributed by atoms with Gasteiger partial charge in [0, 0.05) is 0 Å². The molecule has 18 heavy (non-hydrogen) atoms. The molecule has 0 fully saturated rings. The zero-order chi connectivity index (χ0) is 12.4. The highest BCUT2D eigenvalue weighted by Crippen LogP contribution is 2.33. The first-order valence-corrected chi connectivity index (χ1v) is 7.28. The molecule has 0 bridgehead atoms. The van der Waals surface area contributed by atoms with Gasteiger partial charge in [0.2, 0.25) is 0 Å². The normalized spacial score (nSPS) is 22.2. The Morgan fingerprint density at radius 2 is 1.72 bits per heavy atom. The first kappa shape index (κ1) is 12.0. The van der Waals surface area contributed by atoms with Gasteiger partial charge in [-0.05, 0) is 61.1 Å². The average molecular weight is 242 g/mol. The van der Waals surface area contributed by atoms with Gasteiger partial charge in [-0.1, -0.05) is 36.8 Å². The van der Waals surface area contributed by atoms with Crippen LogP contribution in [0.3, 0.4) is 0 Å². The molecule has 0 aromatic heterocycles. The molecule has 1 aromatic carbocycles. The van der Waals surface area contributed by atoms with E-state index in [0.717, 1.165) is 25.7 Å². The van der Waals surface area contributed by atoms with Gasteiger partial charge in [-0.25, -0.2) is 0 Å². The maximum absolute atomic E-state index is 10.6. The molecular formula is C17H22O. The molecule has 1 heteroatoms. The van der Waals surface area contributed by atoms with Gasteiger partial charge in [-0.3, -0.25) is 0 Å². The second-order valence-corrected chi connectivity index (χ2v) is 5.76. The molecule has 0 heterocycles. The molecular weight excluding hydrogens is 220 g/mol. The average Bonchev–Trinajstić information content (AvgIpc) is 2.64. The summed E-state index contributed by atoms with van der Waals surface area (Å²) in [4.78, 5) is 0. The molecule has 0 saturated heterocycles. The van der Waals surface area contributed by atoms with E-state index < -0.39 is 0 Å². The molecule has 0 spiro atoms. The fourth-order valence-corrected chi connectivity index (χ4v) is 3.43. The Balaban J connectivity index is 1.71. The van der Waals surface area contributed by atoms with Crippen molar-refractivity contribution >= 4 is 0 Å². The molecule has 0 saturated carbocycles. The maximum atomic E-state index is 10.6. The van der Waals surface area contributed by atoms with Gasteiger partial charge < -0.3 is 5.11 Å². The fourth-order valence-electron chi connectivity index (χ4n) is 3.43. The summed E-state index contributed by atoms with van der Waals surface area (Å²) in [6, 6.07) is 8.64. The van der Waals surface area contributed by atoms with E-state index in [1.54, 1.807) is 0 Å². The standard InChI is InChI=1S/C17H22O/c18-17(13-7-3-1-2-4-8-13)16-11-14-9-5-6-10-15(14)12-16/h5-7,9-10,16-18H,1-4,8,11-12H2. The third-order valence-electron chi connectivity index (χ3n) is 4.49. The summed E-state index contributed by atoms with van der Waals surface area (Å²) in [7, 11) is 0. The first-order valence-electron chi connectivity index (χ1n) is 7.28. The molecule has 0 aliphatic heterocycles. The number of rotatable bonds is 2. The third kappa shape index (κ3) is 2.37. The summed E-state index contributed by atoms with van der Waals surface area (Å²) in [5.74, 6) is 0.409. The predicted molar refractivity (Wildman–Crippen MR) is 74.5 cm³/mol. The maximum Gasteiger partial charge on any atom is 0.0784 e. The lowest BCUT2D eigenvalue weighted by Gasteiger charge is -2.20. The molecule has 1 atom stereocenters. The number of hydrogen-bond donors (Lipinski definition) is 1. The summed E-state index contributed by atoms with van der Waals surface area (Å²) in [6.45, 7) is 0. The van der Waals surface area contributed by atoms with Crippen molar-refractivity contribution in [2.75, 3.05) is 0 Å². The fraction of sp³-hybridized carbons (Fsp3) is 0.529. The highest BCUT2D eigenvalue weighted by molar-refractivity contribution is 5.33. The quantitative estimate of drug-likeness (QED) is 0.785. The van der Waals surface area contributed by atoms with Crippen molar-refractivity contribution in [1.82, 2.24) is 0 Å². The summed E-state index contributed by atoms with van der Waals surface area (Å²) in [5.41, 5.74) is 4.19. The van der Waals surface area contributed by atoms with Gasteiger partial charge in [0.05, 0.1) is 6.10 Å². The summed E-state index contributed by atoms with van der Waals surface area (Å²) in [6.07, 6.45) is 10.3. The Bertz CT molecular complexity index is 422. The van der Waals surface area contributed by atoms with E-state index >= 15 is 0 Å². The Hall–Kier alpha value is -1.08. The van der Waals surface area contributed by atoms with Crippen molar-refractivity contribution in [3.8, 4) is 0 Å². The van der Waals surface area contributed by atoms with Gasteiger partial charge >= 0.3 is 0 Å². The van der Waals surface area contributed by atoms with Crippen molar-refractivity contribution in [3.05, 3.63) is 47.0 Å². The molecule has 1 nitrogen and oxygen atoms in total. The Morgan fingerprint density at radius 1 is 1.00 bits per heavy atom. The van der Waals surface area contributed by atoms with Crippen LogP contribution in [0.1, 0.15) is 43.2 Å². The van der Waals surface area contributed by atoms with Crippen molar-refractivity contribution in [1.29, 1.82) is 0 Å². The van der Waals surface area contributed by atoms with E-state index in [4.69, 9.17) is 0 Å². The van der Waals surface area contributed by atoms with Crippen LogP contribution in [0.15, 0.2) is 35.9 Å². The minimum Gasteiger partial charge on any atom is -0.388 e. The van der Waals surface area contributed by atoms with Crippen LogP contribution in [-0.4, -0.2) is 11.2 Å². The Kier molecular flexibility index (Phi) is 3.51. The van der Waals surface area contributed by atoms with Gasteiger partial charge in [-0.15, -0.1) is 0 Å². The van der Waals surface area contributed by atoms with E-state index in [0.29, 0.717) is 5.92 Å². The second kappa shape index (κ2) is 5.27. The van der Waals surface area contributed by atoms with Gasteiger partial charge in [0.25, 0.3) is 0 Å². The molecule has 0 amide bonds. The SMILES string of the molecule is OC(C1=CCCCCC1)C1Cc2ccccc2C1. The predicted octanol–water partition coefficient (Wildman–Crippen LogP) is 3.65. The zero-order valence-corrected chi connectivity index (χ0v) is 10.9. The van der Waals surface area contributed by atoms with Crippen LogP contribution in [0.4, 0.5) is 0 Å². The summed E-state index contributed by atoms with van der Waals surface area (Å²) >= 11 is 0. The van der Waals surface area contributed by atoms with Crippen LogP contribution >= 0.6 is 0 Å². The minimum absolute atomic E-state index is 0.213. The molecule has 96 valence electrons. The number of allylic oxidation sites excluding steroid dienone is 1. The van der Waals surface area contributed by atoms with Crippen LogP contribution in [-0.2, 0) is 12.8 Å². The van der Waals surface area contributed by atoms with E-state index in [1.165, 1.54) is 36.0 Å². The second-order valence-electron chi connectivity index (χ2n) is 5.76. The van der Waals surface area contributed by atoms with Crippen LogP contribution in [0, 0.1) is 5.92 Å². The third-order valence-corrected chi connectivity index (χ3v) is 4.49. The van der Waals surface area contributed by atoms with Crippen molar-refractivity contribution in [3.63, 3.8) is 0 Å². The largest absolute Gasteiger partial charge is 0.388 e. The lowest BCUT2D eigenvalue weighted by molar-refractivity contribution is 0.142. The van der Waals surface area contributed by atoms with E-state index in [1.807, 2.05) is 0 Å².